The van der Waals surface area contributed by atoms with Crippen molar-refractivity contribution in [2.75, 3.05) is 18.0 Å². The fraction of sp³-hybridized carbons (Fsp3) is 0.316. The molecule has 1 saturated heterocycles. The highest BCUT2D eigenvalue weighted by molar-refractivity contribution is 8.00. The van der Waals surface area contributed by atoms with E-state index < -0.39 is 16.0 Å². The van der Waals surface area contributed by atoms with Crippen molar-refractivity contribution in [1.82, 2.24) is 0 Å². The molecule has 0 saturated carbocycles. The van der Waals surface area contributed by atoms with Gasteiger partial charge < -0.3 is 10.0 Å². The average Bonchev–Trinajstić information content (AvgIpc) is 3.02. The molecule has 0 bridgehead atoms. The SMILES string of the molecule is Cc1ccc(Sc2c(N3CCC(C)C3)cc(C(=O)O)cc2S(N)(=O)=O)cc1. The van der Waals surface area contributed by atoms with Gasteiger partial charge in [-0.15, -0.1) is 0 Å². The van der Waals surface area contributed by atoms with Crippen LogP contribution in [0.2, 0.25) is 0 Å². The van der Waals surface area contributed by atoms with Crippen LogP contribution < -0.4 is 10.0 Å². The molecule has 1 unspecified atom stereocenters. The Kier molecular flexibility index (Phi) is 5.50. The number of carboxylic acid groups (broad SMARTS) is 1. The van der Waals surface area contributed by atoms with Crippen molar-refractivity contribution in [2.24, 2.45) is 11.1 Å². The molecule has 27 heavy (non-hydrogen) atoms. The zero-order valence-electron chi connectivity index (χ0n) is 15.2. The molecule has 1 aliphatic rings. The second-order valence-corrected chi connectivity index (χ2v) is 9.54. The summed E-state index contributed by atoms with van der Waals surface area (Å²) in [5.74, 6) is -0.728. The minimum absolute atomic E-state index is 0.0816. The molecule has 8 heteroatoms. The number of hydrogen-bond acceptors (Lipinski definition) is 5. The van der Waals surface area contributed by atoms with Gasteiger partial charge in [0.2, 0.25) is 10.0 Å². The lowest BCUT2D eigenvalue weighted by Crippen LogP contribution is -2.22. The van der Waals surface area contributed by atoms with E-state index in [1.165, 1.54) is 11.8 Å². The zero-order valence-corrected chi connectivity index (χ0v) is 16.8. The van der Waals surface area contributed by atoms with E-state index in [9.17, 15) is 18.3 Å². The summed E-state index contributed by atoms with van der Waals surface area (Å²) in [7, 11) is -4.09. The molecule has 0 spiro atoms. The van der Waals surface area contributed by atoms with Crippen molar-refractivity contribution in [3.8, 4) is 0 Å². The Morgan fingerprint density at radius 3 is 2.44 bits per heavy atom. The van der Waals surface area contributed by atoms with Crippen LogP contribution in [0.4, 0.5) is 5.69 Å². The Morgan fingerprint density at radius 2 is 1.93 bits per heavy atom. The van der Waals surface area contributed by atoms with Crippen LogP contribution >= 0.6 is 11.8 Å². The largest absolute Gasteiger partial charge is 0.478 e. The van der Waals surface area contributed by atoms with E-state index in [2.05, 4.69) is 6.92 Å². The van der Waals surface area contributed by atoms with Crippen molar-refractivity contribution in [3.63, 3.8) is 0 Å². The third-order valence-electron chi connectivity index (χ3n) is 4.59. The maximum absolute atomic E-state index is 12.3. The topological polar surface area (TPSA) is 101 Å². The van der Waals surface area contributed by atoms with Crippen LogP contribution in [0.1, 0.15) is 29.3 Å². The summed E-state index contributed by atoms with van der Waals surface area (Å²) in [4.78, 5) is 14.8. The summed E-state index contributed by atoms with van der Waals surface area (Å²) < 4.78 is 24.5. The normalized spacial score (nSPS) is 17.3. The predicted molar refractivity (Wildman–Crippen MR) is 106 cm³/mol. The van der Waals surface area contributed by atoms with E-state index in [1.807, 2.05) is 36.1 Å². The van der Waals surface area contributed by atoms with Crippen molar-refractivity contribution in [1.29, 1.82) is 0 Å². The quantitative estimate of drug-likeness (QED) is 0.790. The highest BCUT2D eigenvalue weighted by atomic mass is 32.2. The van der Waals surface area contributed by atoms with Crippen molar-refractivity contribution in [2.45, 2.75) is 35.0 Å². The van der Waals surface area contributed by atoms with Crippen LogP contribution in [-0.4, -0.2) is 32.6 Å². The highest BCUT2D eigenvalue weighted by Gasteiger charge is 2.28. The fourth-order valence-corrected chi connectivity index (χ4v) is 5.23. The van der Waals surface area contributed by atoms with E-state index in [0.29, 0.717) is 16.5 Å². The number of carboxylic acids is 1. The Labute approximate surface area is 163 Å². The molecule has 0 amide bonds. The summed E-state index contributed by atoms with van der Waals surface area (Å²) >= 11 is 1.29. The molecule has 0 aliphatic carbocycles. The minimum atomic E-state index is -4.09. The molecule has 1 fully saturated rings. The number of aryl methyl sites for hydroxylation is 1. The maximum Gasteiger partial charge on any atom is 0.335 e. The molecule has 3 rings (SSSR count). The molecule has 0 radical (unpaired) electrons. The lowest BCUT2D eigenvalue weighted by atomic mass is 10.1. The second-order valence-electron chi connectivity index (χ2n) is 6.93. The number of aromatic carboxylic acids is 1. The van der Waals surface area contributed by atoms with Crippen molar-refractivity contribution in [3.05, 3.63) is 47.5 Å². The number of benzene rings is 2. The van der Waals surface area contributed by atoms with Gasteiger partial charge in [-0.05, 0) is 43.5 Å². The Hall–Kier alpha value is -2.03. The first-order valence-electron chi connectivity index (χ1n) is 8.59. The molecule has 1 atom stereocenters. The van der Waals surface area contributed by atoms with E-state index in [-0.39, 0.29) is 10.5 Å². The molecule has 1 aliphatic heterocycles. The number of primary sulfonamides is 1. The van der Waals surface area contributed by atoms with Crippen LogP contribution in [0, 0.1) is 12.8 Å². The number of hydrogen-bond donors (Lipinski definition) is 2. The van der Waals surface area contributed by atoms with Crippen LogP contribution in [0.5, 0.6) is 0 Å². The van der Waals surface area contributed by atoms with Crippen LogP contribution in [0.25, 0.3) is 0 Å². The van der Waals surface area contributed by atoms with Gasteiger partial charge in [0.25, 0.3) is 0 Å². The van der Waals surface area contributed by atoms with Gasteiger partial charge in [0, 0.05) is 18.0 Å². The van der Waals surface area contributed by atoms with Gasteiger partial charge in [-0.1, -0.05) is 36.4 Å². The molecule has 2 aromatic carbocycles. The number of nitrogens with zero attached hydrogens (tertiary/aromatic N) is 1. The molecular weight excluding hydrogens is 384 g/mol. The Bertz CT molecular complexity index is 972. The zero-order chi connectivity index (χ0) is 19.8. The molecule has 2 aromatic rings. The number of sulfonamides is 1. The first kappa shape index (κ1) is 19.7. The summed E-state index contributed by atoms with van der Waals surface area (Å²) in [6.45, 7) is 5.59. The smallest absolute Gasteiger partial charge is 0.335 e. The number of nitrogens with two attached hydrogens (primary N) is 1. The van der Waals surface area contributed by atoms with Crippen LogP contribution in [-0.2, 0) is 10.0 Å². The highest BCUT2D eigenvalue weighted by Crippen LogP contribution is 2.42. The van der Waals surface area contributed by atoms with Gasteiger partial charge in [-0.2, -0.15) is 0 Å². The third-order valence-corrected chi connectivity index (χ3v) is 6.80. The van der Waals surface area contributed by atoms with Crippen molar-refractivity contribution < 1.29 is 18.3 Å². The number of anilines is 1. The lowest BCUT2D eigenvalue weighted by molar-refractivity contribution is 0.0696. The molecular formula is C19H22N2O4S2. The summed E-state index contributed by atoms with van der Waals surface area (Å²) in [6, 6.07) is 10.4. The number of carbonyl (C=O) groups is 1. The average molecular weight is 407 g/mol. The van der Waals surface area contributed by atoms with Crippen LogP contribution in [0.15, 0.2) is 51.1 Å². The van der Waals surface area contributed by atoms with Gasteiger partial charge in [-0.3, -0.25) is 0 Å². The van der Waals surface area contributed by atoms with E-state index in [1.54, 1.807) is 6.07 Å². The minimum Gasteiger partial charge on any atom is -0.478 e. The van der Waals surface area contributed by atoms with Crippen LogP contribution in [0.3, 0.4) is 0 Å². The standard InChI is InChI=1S/C19H22N2O4S2/c1-12-3-5-15(6-4-12)26-18-16(21-8-7-13(2)11-21)9-14(19(22)23)10-17(18)27(20,24)25/h3-6,9-10,13H,7-8,11H2,1-2H3,(H,22,23)(H2,20,24,25). The van der Waals surface area contributed by atoms with Gasteiger partial charge >= 0.3 is 5.97 Å². The summed E-state index contributed by atoms with van der Waals surface area (Å²) in [5.41, 5.74) is 1.62. The van der Waals surface area contributed by atoms with Gasteiger partial charge in [0.15, 0.2) is 0 Å². The Balaban J connectivity index is 2.19. The fourth-order valence-electron chi connectivity index (χ4n) is 3.14. The third kappa shape index (κ3) is 4.45. The van der Waals surface area contributed by atoms with Gasteiger partial charge in [0.1, 0.15) is 0 Å². The Morgan fingerprint density at radius 1 is 1.26 bits per heavy atom. The van der Waals surface area contributed by atoms with E-state index >= 15 is 0 Å². The molecule has 3 N–H and O–H groups in total. The monoisotopic (exact) mass is 406 g/mol. The van der Waals surface area contributed by atoms with E-state index in [4.69, 9.17) is 5.14 Å². The molecule has 144 valence electrons. The molecule has 6 nitrogen and oxygen atoms in total. The lowest BCUT2D eigenvalue weighted by Gasteiger charge is -2.24. The summed E-state index contributed by atoms with van der Waals surface area (Å²) in [6.07, 6.45) is 0.969. The first-order chi connectivity index (χ1) is 12.6. The first-order valence-corrected chi connectivity index (χ1v) is 10.9. The predicted octanol–water partition coefficient (Wildman–Crippen LogP) is 3.34. The second kappa shape index (κ2) is 7.53. The molecule has 1 heterocycles. The molecule has 0 aromatic heterocycles. The summed E-state index contributed by atoms with van der Waals surface area (Å²) in [5, 5.41) is 14.9. The van der Waals surface area contributed by atoms with Crippen molar-refractivity contribution >= 4 is 33.4 Å². The maximum atomic E-state index is 12.3. The van der Waals surface area contributed by atoms with Gasteiger partial charge in [0.05, 0.1) is 21.0 Å². The van der Waals surface area contributed by atoms with Gasteiger partial charge in [-0.25, -0.2) is 18.4 Å². The number of rotatable bonds is 5. The van der Waals surface area contributed by atoms with E-state index in [0.717, 1.165) is 36.0 Å².